The Morgan fingerprint density at radius 3 is 2.55 bits per heavy atom. The van der Waals surface area contributed by atoms with Crippen LogP contribution in [0.25, 0.3) is 17.0 Å². The van der Waals surface area contributed by atoms with E-state index in [2.05, 4.69) is 6.92 Å². The summed E-state index contributed by atoms with van der Waals surface area (Å²) in [5.74, 6) is 0.707. The molecule has 33 heavy (non-hydrogen) atoms. The predicted molar refractivity (Wildman–Crippen MR) is 139 cm³/mol. The molecule has 0 saturated carbocycles. The molecular formula is C26H25N3O2S2. The lowest BCUT2D eigenvalue weighted by Gasteiger charge is -2.30. The molecule has 3 aromatic rings. The summed E-state index contributed by atoms with van der Waals surface area (Å²) in [5, 5.41) is 1.02. The van der Waals surface area contributed by atoms with Crippen LogP contribution < -0.4 is 4.90 Å². The standard InChI is InChI=1S/C26H25N3O2S2/c1-18-11-13-27(14-12-18)24(30)17-28-16-19(21-9-5-6-10-22(21)28)15-23-25(31)29(26(32)33-23)20-7-3-2-4-8-20/h2-10,15-16,18H,11-14,17H2,1H3/b23-15-. The molecule has 7 heteroatoms. The van der Waals surface area contributed by atoms with Crippen molar-refractivity contribution in [3.05, 3.63) is 71.3 Å². The molecule has 0 spiro atoms. The summed E-state index contributed by atoms with van der Waals surface area (Å²) in [4.78, 5) is 30.3. The summed E-state index contributed by atoms with van der Waals surface area (Å²) in [6.07, 6.45) is 6.00. The van der Waals surface area contributed by atoms with Crippen LogP contribution in [0.15, 0.2) is 65.7 Å². The number of aromatic nitrogens is 1. The summed E-state index contributed by atoms with van der Waals surface area (Å²) in [5.41, 5.74) is 2.67. The van der Waals surface area contributed by atoms with Gasteiger partial charge in [0, 0.05) is 35.8 Å². The Bertz CT molecular complexity index is 1260. The minimum absolute atomic E-state index is 0.119. The van der Waals surface area contributed by atoms with Crippen LogP contribution in [0, 0.1) is 5.92 Å². The number of thiocarbonyl (C=S) groups is 1. The van der Waals surface area contributed by atoms with Crippen LogP contribution in [0.4, 0.5) is 5.69 Å². The topological polar surface area (TPSA) is 45.6 Å². The number of hydrogen-bond acceptors (Lipinski definition) is 4. The summed E-state index contributed by atoms with van der Waals surface area (Å²) >= 11 is 6.81. The van der Waals surface area contributed by atoms with Crippen molar-refractivity contribution in [3.63, 3.8) is 0 Å². The summed E-state index contributed by atoms with van der Waals surface area (Å²) in [6.45, 7) is 4.20. The maximum atomic E-state index is 13.2. The van der Waals surface area contributed by atoms with E-state index < -0.39 is 0 Å². The van der Waals surface area contributed by atoms with Gasteiger partial charge < -0.3 is 9.47 Å². The van der Waals surface area contributed by atoms with E-state index in [1.807, 2.05) is 76.3 Å². The first-order valence-corrected chi connectivity index (χ1v) is 12.4. The number of likely N-dealkylation sites (tertiary alicyclic amines) is 1. The Kier molecular flexibility index (Phi) is 6.08. The van der Waals surface area contributed by atoms with Gasteiger partial charge in [0.25, 0.3) is 5.91 Å². The van der Waals surface area contributed by atoms with Crippen LogP contribution in [0.5, 0.6) is 0 Å². The van der Waals surface area contributed by atoms with Gasteiger partial charge in [-0.05, 0) is 43.0 Å². The highest BCUT2D eigenvalue weighted by Gasteiger charge is 2.33. The lowest BCUT2D eigenvalue weighted by atomic mass is 9.99. The molecule has 0 N–H and O–H groups in total. The molecule has 0 bridgehead atoms. The van der Waals surface area contributed by atoms with Gasteiger partial charge in [0.05, 0.1) is 10.6 Å². The number of anilines is 1. The minimum Gasteiger partial charge on any atom is -0.341 e. The summed E-state index contributed by atoms with van der Waals surface area (Å²) in [6, 6.07) is 17.5. The number of piperidine rings is 1. The summed E-state index contributed by atoms with van der Waals surface area (Å²) < 4.78 is 2.52. The number of hydrogen-bond donors (Lipinski definition) is 0. The van der Waals surface area contributed by atoms with Gasteiger partial charge in [-0.1, -0.05) is 67.3 Å². The zero-order valence-corrected chi connectivity index (χ0v) is 20.1. The van der Waals surface area contributed by atoms with Crippen LogP contribution in [-0.2, 0) is 16.1 Å². The number of carbonyl (C=O) groups excluding carboxylic acids is 2. The van der Waals surface area contributed by atoms with E-state index in [4.69, 9.17) is 12.2 Å². The third-order valence-electron chi connectivity index (χ3n) is 6.36. The number of thioether (sulfide) groups is 1. The molecule has 2 amide bonds. The fourth-order valence-corrected chi connectivity index (χ4v) is 5.72. The first-order valence-electron chi connectivity index (χ1n) is 11.2. The molecule has 0 atom stereocenters. The highest BCUT2D eigenvalue weighted by atomic mass is 32.2. The molecule has 0 aliphatic carbocycles. The van der Waals surface area contributed by atoms with Gasteiger partial charge in [0.15, 0.2) is 4.32 Å². The number of para-hydroxylation sites is 2. The number of rotatable bonds is 4. The molecule has 2 fully saturated rings. The van der Waals surface area contributed by atoms with E-state index in [0.29, 0.717) is 21.7 Å². The third kappa shape index (κ3) is 4.35. The van der Waals surface area contributed by atoms with Gasteiger partial charge in [-0.25, -0.2) is 0 Å². The van der Waals surface area contributed by atoms with Gasteiger partial charge >= 0.3 is 0 Å². The second-order valence-electron chi connectivity index (χ2n) is 8.65. The molecule has 0 radical (unpaired) electrons. The number of fused-ring (bicyclic) bond motifs is 1. The fourth-order valence-electron chi connectivity index (χ4n) is 4.43. The second kappa shape index (κ2) is 9.15. The lowest BCUT2D eigenvalue weighted by Crippen LogP contribution is -2.39. The third-order valence-corrected chi connectivity index (χ3v) is 7.66. The average molecular weight is 476 g/mol. The van der Waals surface area contributed by atoms with E-state index in [1.54, 1.807) is 4.90 Å². The molecule has 5 rings (SSSR count). The number of amides is 2. The maximum Gasteiger partial charge on any atom is 0.270 e. The average Bonchev–Trinajstić information content (AvgIpc) is 3.31. The van der Waals surface area contributed by atoms with Crippen molar-refractivity contribution >= 4 is 62.8 Å². The monoisotopic (exact) mass is 475 g/mol. The zero-order chi connectivity index (χ0) is 22.9. The van der Waals surface area contributed by atoms with E-state index in [9.17, 15) is 9.59 Å². The molecule has 1 aromatic heterocycles. The number of carbonyl (C=O) groups is 2. The molecule has 5 nitrogen and oxygen atoms in total. The second-order valence-corrected chi connectivity index (χ2v) is 10.3. The van der Waals surface area contributed by atoms with Gasteiger partial charge in [0.1, 0.15) is 6.54 Å². The molecule has 168 valence electrons. The Labute approximate surface area is 203 Å². The number of benzene rings is 2. The smallest absolute Gasteiger partial charge is 0.270 e. The van der Waals surface area contributed by atoms with Crippen molar-refractivity contribution in [3.8, 4) is 0 Å². The summed E-state index contributed by atoms with van der Waals surface area (Å²) in [7, 11) is 0. The molecular weight excluding hydrogens is 450 g/mol. The Hall–Kier alpha value is -2.90. The normalized spacial score (nSPS) is 18.6. The molecule has 2 aliphatic heterocycles. The van der Waals surface area contributed by atoms with E-state index in [-0.39, 0.29) is 11.8 Å². The van der Waals surface area contributed by atoms with Crippen molar-refractivity contribution in [1.29, 1.82) is 0 Å². The van der Waals surface area contributed by atoms with Crippen molar-refractivity contribution in [2.45, 2.75) is 26.3 Å². The van der Waals surface area contributed by atoms with Gasteiger partial charge in [-0.15, -0.1) is 0 Å². The zero-order valence-electron chi connectivity index (χ0n) is 18.4. The van der Waals surface area contributed by atoms with Gasteiger partial charge in [-0.2, -0.15) is 0 Å². The Balaban J connectivity index is 1.44. The quantitative estimate of drug-likeness (QED) is 0.379. The highest BCUT2D eigenvalue weighted by Crippen LogP contribution is 2.37. The first-order chi connectivity index (χ1) is 16.0. The van der Waals surface area contributed by atoms with Crippen molar-refractivity contribution < 1.29 is 9.59 Å². The first kappa shape index (κ1) is 21.9. The minimum atomic E-state index is -0.119. The maximum absolute atomic E-state index is 13.2. The SMILES string of the molecule is CC1CCN(C(=O)Cn2cc(/C=C3\SC(=S)N(c4ccccc4)C3=O)c3ccccc32)CC1. The van der Waals surface area contributed by atoms with Crippen molar-refractivity contribution in [2.75, 3.05) is 18.0 Å². The highest BCUT2D eigenvalue weighted by molar-refractivity contribution is 8.27. The van der Waals surface area contributed by atoms with E-state index >= 15 is 0 Å². The van der Waals surface area contributed by atoms with Crippen LogP contribution in [0.2, 0.25) is 0 Å². The van der Waals surface area contributed by atoms with Crippen molar-refractivity contribution in [1.82, 2.24) is 9.47 Å². The van der Waals surface area contributed by atoms with Gasteiger partial charge in [-0.3, -0.25) is 14.5 Å². The van der Waals surface area contributed by atoms with Crippen LogP contribution >= 0.6 is 24.0 Å². The van der Waals surface area contributed by atoms with E-state index in [1.165, 1.54) is 11.8 Å². The number of nitrogens with zero attached hydrogens (tertiary/aromatic N) is 3. The Morgan fingerprint density at radius 1 is 1.09 bits per heavy atom. The Morgan fingerprint density at radius 2 is 1.79 bits per heavy atom. The lowest BCUT2D eigenvalue weighted by molar-refractivity contribution is -0.133. The van der Waals surface area contributed by atoms with Crippen LogP contribution in [0.1, 0.15) is 25.3 Å². The predicted octanol–water partition coefficient (Wildman–Crippen LogP) is 5.31. The molecule has 2 aromatic carbocycles. The molecule has 2 saturated heterocycles. The van der Waals surface area contributed by atoms with Crippen molar-refractivity contribution in [2.24, 2.45) is 5.92 Å². The van der Waals surface area contributed by atoms with Gasteiger partial charge in [0.2, 0.25) is 5.91 Å². The van der Waals surface area contributed by atoms with E-state index in [0.717, 1.165) is 48.1 Å². The molecule has 0 unspecified atom stereocenters. The molecule has 3 heterocycles. The van der Waals surface area contributed by atoms with Crippen LogP contribution in [0.3, 0.4) is 0 Å². The van der Waals surface area contributed by atoms with Crippen LogP contribution in [-0.4, -0.2) is 38.7 Å². The fraction of sp³-hybridized carbons (Fsp3) is 0.269. The molecule has 2 aliphatic rings. The largest absolute Gasteiger partial charge is 0.341 e.